The molecule has 2 aromatic heterocycles. The normalized spacial score (nSPS) is 12.6. The molecule has 0 amide bonds. The number of nitrogens with one attached hydrogen (secondary N) is 1. The zero-order chi connectivity index (χ0) is 26.8. The lowest BCUT2D eigenvalue weighted by molar-refractivity contribution is -0.157. The lowest BCUT2D eigenvalue weighted by atomic mass is 9.99. The molecule has 0 fully saturated rings. The van der Waals surface area contributed by atoms with Gasteiger partial charge in [0.15, 0.2) is 9.84 Å². The molecule has 0 unspecified atom stereocenters. The number of aryl methyl sites for hydroxylation is 1. The number of sulfone groups is 1. The predicted molar refractivity (Wildman–Crippen MR) is 141 cm³/mol. The number of hydrogen-bond acceptors (Lipinski definition) is 6. The standard InChI is InChI=1S/C27H31F2N3O4S/c1-4-32(12-13-33)27(28,29)11-14-36-23-10-9-21(19-7-6-8-20(16-19)37(34,35)5-2)24-22-15-18(3)17-30-26(22)31-25(23)24/h6-10,15-17,33H,4-5,11-14H2,1-3H3,(H,30,31). The molecule has 2 aromatic carbocycles. The van der Waals surface area contributed by atoms with Crippen molar-refractivity contribution < 1.29 is 27.0 Å². The van der Waals surface area contributed by atoms with Crippen molar-refractivity contribution in [3.05, 3.63) is 54.2 Å². The summed E-state index contributed by atoms with van der Waals surface area (Å²) >= 11 is 0. The van der Waals surface area contributed by atoms with Gasteiger partial charge in [0.25, 0.3) is 0 Å². The monoisotopic (exact) mass is 531 g/mol. The number of benzene rings is 2. The highest BCUT2D eigenvalue weighted by Gasteiger charge is 2.35. The minimum absolute atomic E-state index is 0.00671. The minimum atomic E-state index is -3.40. The van der Waals surface area contributed by atoms with Crippen LogP contribution in [0, 0.1) is 6.92 Å². The lowest BCUT2D eigenvalue weighted by Gasteiger charge is -2.29. The first-order valence-corrected chi connectivity index (χ1v) is 13.9. The molecule has 0 atom stereocenters. The van der Waals surface area contributed by atoms with E-state index in [0.29, 0.717) is 22.5 Å². The molecular weight excluding hydrogens is 500 g/mol. The van der Waals surface area contributed by atoms with Crippen LogP contribution in [0.25, 0.3) is 33.1 Å². The number of alkyl halides is 2. The highest BCUT2D eigenvalue weighted by molar-refractivity contribution is 7.91. The molecule has 0 radical (unpaired) electrons. The van der Waals surface area contributed by atoms with E-state index >= 15 is 0 Å². The largest absolute Gasteiger partial charge is 0.491 e. The summed E-state index contributed by atoms with van der Waals surface area (Å²) in [6.07, 6.45) is 1.19. The summed E-state index contributed by atoms with van der Waals surface area (Å²) in [5.74, 6) is 0.389. The van der Waals surface area contributed by atoms with E-state index < -0.39 is 22.3 Å². The molecule has 0 aliphatic rings. The van der Waals surface area contributed by atoms with E-state index in [1.54, 1.807) is 44.3 Å². The van der Waals surface area contributed by atoms with Gasteiger partial charge >= 0.3 is 6.05 Å². The SMILES string of the molecule is CCN(CCO)C(F)(F)CCOc1ccc(-c2cccc(S(=O)(=O)CC)c2)c2c1[nH]c1ncc(C)cc12. The number of pyridine rings is 1. The molecule has 2 heterocycles. The van der Waals surface area contributed by atoms with Crippen LogP contribution in [-0.2, 0) is 9.84 Å². The van der Waals surface area contributed by atoms with Gasteiger partial charge in [-0.05, 0) is 53.9 Å². The van der Waals surface area contributed by atoms with E-state index in [4.69, 9.17) is 9.84 Å². The summed E-state index contributed by atoms with van der Waals surface area (Å²) in [6, 6.07) is 9.14. The average molecular weight is 532 g/mol. The van der Waals surface area contributed by atoms with Gasteiger partial charge in [-0.3, -0.25) is 0 Å². The highest BCUT2D eigenvalue weighted by atomic mass is 32.2. The Labute approximate surface area is 215 Å². The number of likely N-dealkylation sites (N-methyl/N-ethyl adjacent to an activating group) is 1. The molecule has 10 heteroatoms. The molecule has 4 rings (SSSR count). The number of aromatic amines is 1. The van der Waals surface area contributed by atoms with Crippen LogP contribution in [0.1, 0.15) is 25.8 Å². The summed E-state index contributed by atoms with van der Waals surface area (Å²) in [7, 11) is -3.40. The number of hydrogen-bond donors (Lipinski definition) is 2. The van der Waals surface area contributed by atoms with Crippen molar-refractivity contribution in [1.29, 1.82) is 0 Å². The molecule has 37 heavy (non-hydrogen) atoms. The summed E-state index contributed by atoms with van der Waals surface area (Å²) in [5, 5.41) is 10.7. The van der Waals surface area contributed by atoms with Crippen molar-refractivity contribution in [2.24, 2.45) is 0 Å². The maximum absolute atomic E-state index is 14.6. The van der Waals surface area contributed by atoms with Crippen molar-refractivity contribution in [2.45, 2.75) is 38.1 Å². The van der Waals surface area contributed by atoms with E-state index in [1.165, 1.54) is 0 Å². The molecule has 7 nitrogen and oxygen atoms in total. The van der Waals surface area contributed by atoms with Crippen LogP contribution in [-0.4, -0.2) is 66.5 Å². The Bertz CT molecular complexity index is 1520. The van der Waals surface area contributed by atoms with Crippen LogP contribution in [0.4, 0.5) is 8.78 Å². The van der Waals surface area contributed by atoms with Gasteiger partial charge in [0, 0.05) is 30.1 Å². The number of halogens is 2. The van der Waals surface area contributed by atoms with Crippen LogP contribution < -0.4 is 4.74 Å². The second-order valence-electron chi connectivity index (χ2n) is 8.89. The Balaban J connectivity index is 1.77. The zero-order valence-electron chi connectivity index (χ0n) is 21.1. The molecule has 0 saturated heterocycles. The molecule has 198 valence electrons. The summed E-state index contributed by atoms with van der Waals surface area (Å²) in [4.78, 5) is 8.89. The second kappa shape index (κ2) is 10.7. The fraction of sp³-hybridized carbons (Fsp3) is 0.370. The molecule has 2 N–H and O–H groups in total. The maximum Gasteiger partial charge on any atom is 0.308 e. The van der Waals surface area contributed by atoms with Crippen molar-refractivity contribution in [1.82, 2.24) is 14.9 Å². The fourth-order valence-electron chi connectivity index (χ4n) is 4.47. The van der Waals surface area contributed by atoms with Gasteiger partial charge < -0.3 is 14.8 Å². The molecule has 0 saturated carbocycles. The van der Waals surface area contributed by atoms with Gasteiger partial charge in [-0.25, -0.2) is 18.3 Å². The third-order valence-corrected chi connectivity index (χ3v) is 8.20. The van der Waals surface area contributed by atoms with Crippen molar-refractivity contribution in [3.8, 4) is 16.9 Å². The Morgan fingerprint density at radius 1 is 1.16 bits per heavy atom. The Hall–Kier alpha value is -3.08. The zero-order valence-corrected chi connectivity index (χ0v) is 21.9. The van der Waals surface area contributed by atoms with Crippen molar-refractivity contribution in [2.75, 3.05) is 32.1 Å². The summed E-state index contributed by atoms with van der Waals surface area (Å²) in [6.45, 7) is 4.53. The number of aliphatic hydroxyl groups is 1. The number of H-pyrrole nitrogens is 1. The Kier molecular flexibility index (Phi) is 7.82. The number of aliphatic hydroxyl groups excluding tert-OH is 1. The topological polar surface area (TPSA) is 95.5 Å². The number of ether oxygens (including phenoxy) is 1. The van der Waals surface area contributed by atoms with Gasteiger partial charge in [-0.2, -0.15) is 8.78 Å². The molecule has 0 aliphatic heterocycles. The van der Waals surface area contributed by atoms with Gasteiger partial charge in [-0.15, -0.1) is 0 Å². The third kappa shape index (κ3) is 5.46. The Morgan fingerprint density at radius 3 is 2.65 bits per heavy atom. The van der Waals surface area contributed by atoms with Crippen LogP contribution in [0.15, 0.2) is 53.6 Å². The quantitative estimate of drug-likeness (QED) is 0.260. The predicted octanol–water partition coefficient (Wildman–Crippen LogP) is 5.16. The van der Waals surface area contributed by atoms with E-state index in [2.05, 4.69) is 9.97 Å². The van der Waals surface area contributed by atoms with E-state index in [1.807, 2.05) is 25.1 Å². The van der Waals surface area contributed by atoms with Crippen LogP contribution in [0.2, 0.25) is 0 Å². The first-order valence-electron chi connectivity index (χ1n) is 12.2. The molecule has 0 spiro atoms. The average Bonchev–Trinajstić information content (AvgIpc) is 3.26. The van der Waals surface area contributed by atoms with E-state index in [9.17, 15) is 17.2 Å². The van der Waals surface area contributed by atoms with Crippen LogP contribution in [0.3, 0.4) is 0 Å². The summed E-state index contributed by atoms with van der Waals surface area (Å²) < 4.78 is 60.1. The van der Waals surface area contributed by atoms with E-state index in [0.717, 1.165) is 26.8 Å². The summed E-state index contributed by atoms with van der Waals surface area (Å²) in [5.41, 5.74) is 3.64. The lowest BCUT2D eigenvalue weighted by Crippen LogP contribution is -2.44. The first-order chi connectivity index (χ1) is 17.6. The Morgan fingerprint density at radius 2 is 1.95 bits per heavy atom. The molecule has 4 aromatic rings. The number of aromatic nitrogens is 2. The maximum atomic E-state index is 14.6. The molecule has 0 aliphatic carbocycles. The smallest absolute Gasteiger partial charge is 0.308 e. The van der Waals surface area contributed by atoms with Gasteiger partial charge in [0.1, 0.15) is 11.4 Å². The fourth-order valence-corrected chi connectivity index (χ4v) is 5.39. The van der Waals surface area contributed by atoms with Gasteiger partial charge in [-0.1, -0.05) is 26.0 Å². The third-order valence-electron chi connectivity index (χ3n) is 6.46. The van der Waals surface area contributed by atoms with Gasteiger partial charge in [0.05, 0.1) is 35.8 Å². The second-order valence-corrected chi connectivity index (χ2v) is 11.2. The number of fused-ring (bicyclic) bond motifs is 3. The number of nitrogens with zero attached hydrogens (tertiary/aromatic N) is 2. The minimum Gasteiger partial charge on any atom is -0.491 e. The van der Waals surface area contributed by atoms with E-state index in [-0.39, 0.29) is 37.0 Å². The highest BCUT2D eigenvalue weighted by Crippen LogP contribution is 2.39. The van der Waals surface area contributed by atoms with Crippen molar-refractivity contribution in [3.63, 3.8) is 0 Å². The first kappa shape index (κ1) is 27.0. The van der Waals surface area contributed by atoms with Gasteiger partial charge in [0.2, 0.25) is 0 Å². The van der Waals surface area contributed by atoms with Crippen molar-refractivity contribution >= 4 is 31.8 Å². The number of rotatable bonds is 11. The van der Waals surface area contributed by atoms with Crippen LogP contribution in [0.5, 0.6) is 5.75 Å². The molecular formula is C27H31F2N3O4S. The molecule has 0 bridgehead atoms. The van der Waals surface area contributed by atoms with Crippen LogP contribution >= 0.6 is 0 Å².